The molecule has 3 aromatic carbocycles. The van der Waals surface area contributed by atoms with Crippen LogP contribution in [-0.4, -0.2) is 15.7 Å². The fraction of sp³-hybridized carbons (Fsp3) is 0.0800. The van der Waals surface area contributed by atoms with Crippen LogP contribution in [0.5, 0.6) is 11.5 Å². The van der Waals surface area contributed by atoms with Crippen LogP contribution >= 0.6 is 0 Å². The van der Waals surface area contributed by atoms with Crippen LogP contribution in [0.3, 0.4) is 0 Å². The number of hydrogen-bond donors (Lipinski definition) is 1. The van der Waals surface area contributed by atoms with E-state index in [1.807, 2.05) is 55.5 Å². The van der Waals surface area contributed by atoms with Gasteiger partial charge in [-0.15, -0.1) is 0 Å². The number of aryl methyl sites for hydroxylation is 1. The number of hydrogen-bond acceptors (Lipinski definition) is 4. The molecule has 6 nitrogen and oxygen atoms in total. The summed E-state index contributed by atoms with van der Waals surface area (Å²) in [6.45, 7) is 2.21. The Kier molecular flexibility index (Phi) is 6.07. The van der Waals surface area contributed by atoms with Crippen molar-refractivity contribution in [3.8, 4) is 17.2 Å². The molecule has 0 aliphatic rings. The molecule has 0 aliphatic carbocycles. The van der Waals surface area contributed by atoms with Gasteiger partial charge in [0.1, 0.15) is 23.0 Å². The zero-order valence-corrected chi connectivity index (χ0v) is 17.3. The molecule has 0 fully saturated rings. The Balaban J connectivity index is 1.50. The van der Waals surface area contributed by atoms with Crippen molar-refractivity contribution in [2.45, 2.75) is 13.5 Å². The highest BCUT2D eigenvalue weighted by atomic mass is 19.1. The van der Waals surface area contributed by atoms with Gasteiger partial charge in [-0.05, 0) is 55.5 Å². The maximum atomic E-state index is 13.2. The van der Waals surface area contributed by atoms with E-state index in [-0.39, 0.29) is 12.2 Å². The zero-order valence-electron chi connectivity index (χ0n) is 17.3. The summed E-state index contributed by atoms with van der Waals surface area (Å²) in [4.78, 5) is 24.8. The largest absolute Gasteiger partial charge is 0.457 e. The van der Waals surface area contributed by atoms with E-state index >= 15 is 0 Å². The highest BCUT2D eigenvalue weighted by Crippen LogP contribution is 2.25. The molecule has 0 unspecified atom stereocenters. The van der Waals surface area contributed by atoms with Crippen LogP contribution in [0.4, 0.5) is 4.39 Å². The van der Waals surface area contributed by atoms with Crippen LogP contribution in [0.2, 0.25) is 0 Å². The molecule has 1 N–H and O–H groups in total. The number of amides is 1. The van der Waals surface area contributed by atoms with Crippen LogP contribution < -0.4 is 15.6 Å². The molecule has 0 radical (unpaired) electrons. The molecular formula is C25H20FN3O3. The van der Waals surface area contributed by atoms with Gasteiger partial charge in [0.25, 0.3) is 11.5 Å². The summed E-state index contributed by atoms with van der Waals surface area (Å²) in [6, 6.07) is 23.0. The smallest absolute Gasteiger partial charge is 0.272 e. The zero-order chi connectivity index (χ0) is 22.5. The van der Waals surface area contributed by atoms with Crippen LogP contribution in [0.25, 0.3) is 5.69 Å². The van der Waals surface area contributed by atoms with E-state index in [4.69, 9.17) is 4.74 Å². The predicted molar refractivity (Wildman–Crippen MR) is 119 cm³/mol. The Morgan fingerprint density at radius 2 is 1.69 bits per heavy atom. The van der Waals surface area contributed by atoms with E-state index in [0.29, 0.717) is 17.2 Å². The van der Waals surface area contributed by atoms with Gasteiger partial charge in [0.2, 0.25) is 0 Å². The van der Waals surface area contributed by atoms with Crippen molar-refractivity contribution in [2.75, 3.05) is 0 Å². The number of nitrogens with zero attached hydrogens (tertiary/aromatic N) is 2. The number of ether oxygens (including phenoxy) is 1. The summed E-state index contributed by atoms with van der Waals surface area (Å²) >= 11 is 0. The third-order valence-electron chi connectivity index (χ3n) is 4.76. The number of aromatic nitrogens is 2. The molecule has 1 amide bonds. The van der Waals surface area contributed by atoms with Crippen molar-refractivity contribution >= 4 is 5.91 Å². The molecule has 0 aliphatic heterocycles. The first-order valence-corrected chi connectivity index (χ1v) is 9.96. The fourth-order valence-corrected chi connectivity index (χ4v) is 3.05. The first kappa shape index (κ1) is 21.0. The van der Waals surface area contributed by atoms with Gasteiger partial charge in [-0.1, -0.05) is 35.9 Å². The second kappa shape index (κ2) is 9.26. The second-order valence-electron chi connectivity index (χ2n) is 7.15. The number of carbonyl (C=O) groups excluding carboxylic acids is 1. The summed E-state index contributed by atoms with van der Waals surface area (Å²) in [7, 11) is 0. The van der Waals surface area contributed by atoms with Gasteiger partial charge >= 0.3 is 0 Å². The lowest BCUT2D eigenvalue weighted by Gasteiger charge is -2.12. The Hall–Kier alpha value is -4.26. The molecule has 1 aromatic heterocycles. The average molecular weight is 429 g/mol. The predicted octanol–water partition coefficient (Wildman–Crippen LogP) is 4.40. The number of benzene rings is 3. The molecule has 0 spiro atoms. The highest BCUT2D eigenvalue weighted by molar-refractivity contribution is 5.92. The molecule has 0 atom stereocenters. The van der Waals surface area contributed by atoms with E-state index in [2.05, 4.69) is 10.4 Å². The molecule has 7 heteroatoms. The number of para-hydroxylation sites is 1. The molecule has 0 saturated carbocycles. The van der Waals surface area contributed by atoms with Crippen LogP contribution in [0, 0.1) is 12.7 Å². The summed E-state index contributed by atoms with van der Waals surface area (Å²) in [5.74, 6) is 0.441. The van der Waals surface area contributed by atoms with Gasteiger partial charge in [0.05, 0.1) is 5.69 Å². The van der Waals surface area contributed by atoms with Gasteiger partial charge in [-0.25, -0.2) is 4.39 Å². The van der Waals surface area contributed by atoms with Gasteiger partial charge in [0, 0.05) is 18.2 Å². The lowest BCUT2D eigenvalue weighted by atomic mass is 10.2. The van der Waals surface area contributed by atoms with Crippen molar-refractivity contribution in [3.05, 3.63) is 118 Å². The van der Waals surface area contributed by atoms with Gasteiger partial charge in [-0.3, -0.25) is 9.59 Å². The van der Waals surface area contributed by atoms with Gasteiger partial charge < -0.3 is 10.1 Å². The summed E-state index contributed by atoms with van der Waals surface area (Å²) < 4.78 is 20.2. The van der Waals surface area contributed by atoms with Crippen LogP contribution in [-0.2, 0) is 6.54 Å². The van der Waals surface area contributed by atoms with Crippen molar-refractivity contribution in [1.29, 1.82) is 0 Å². The first-order chi connectivity index (χ1) is 15.5. The minimum absolute atomic E-state index is 0.0610. The molecule has 4 aromatic rings. The molecule has 4 rings (SSSR count). The lowest BCUT2D eigenvalue weighted by molar-refractivity contribution is 0.0944. The van der Waals surface area contributed by atoms with E-state index in [1.54, 1.807) is 0 Å². The maximum absolute atomic E-state index is 13.2. The normalized spacial score (nSPS) is 10.6. The maximum Gasteiger partial charge on any atom is 0.272 e. The Morgan fingerprint density at radius 3 is 2.44 bits per heavy atom. The summed E-state index contributed by atoms with van der Waals surface area (Å²) in [5.41, 5.74) is 1.92. The topological polar surface area (TPSA) is 73.2 Å². The standard InChI is InChI=1S/C25H20FN3O3/c1-17-6-12-21(13-7-17)32-23-5-3-2-4-18(23)16-27-25(31)22-14-15-24(30)29(28-22)20-10-8-19(26)9-11-20/h2-15H,16H2,1H3,(H,27,31). The Bertz CT molecular complexity index is 1300. The average Bonchev–Trinajstić information content (AvgIpc) is 2.81. The van der Waals surface area contributed by atoms with Gasteiger partial charge in [0.15, 0.2) is 0 Å². The number of nitrogens with one attached hydrogen (secondary N) is 1. The monoisotopic (exact) mass is 429 g/mol. The number of carbonyl (C=O) groups is 1. The quantitative estimate of drug-likeness (QED) is 0.493. The van der Waals surface area contributed by atoms with Crippen LogP contribution in [0.15, 0.2) is 89.7 Å². The summed E-state index contributed by atoms with van der Waals surface area (Å²) in [5, 5.41) is 6.92. The fourth-order valence-electron chi connectivity index (χ4n) is 3.05. The number of rotatable bonds is 6. The van der Waals surface area contributed by atoms with Gasteiger partial charge in [-0.2, -0.15) is 9.78 Å². The molecule has 1 heterocycles. The molecule has 0 bridgehead atoms. The third-order valence-corrected chi connectivity index (χ3v) is 4.76. The minimum Gasteiger partial charge on any atom is -0.457 e. The minimum atomic E-state index is -0.453. The lowest BCUT2D eigenvalue weighted by Crippen LogP contribution is -2.28. The SMILES string of the molecule is Cc1ccc(Oc2ccccc2CNC(=O)c2ccc(=O)n(-c3ccc(F)cc3)n2)cc1. The second-order valence-corrected chi connectivity index (χ2v) is 7.15. The molecular weight excluding hydrogens is 409 g/mol. The van der Waals surface area contributed by atoms with E-state index < -0.39 is 17.3 Å². The van der Waals surface area contributed by atoms with E-state index in [0.717, 1.165) is 15.8 Å². The molecule has 160 valence electrons. The van der Waals surface area contributed by atoms with E-state index in [9.17, 15) is 14.0 Å². The molecule has 32 heavy (non-hydrogen) atoms. The van der Waals surface area contributed by atoms with Crippen molar-refractivity contribution in [2.24, 2.45) is 0 Å². The Morgan fingerprint density at radius 1 is 0.969 bits per heavy atom. The van der Waals surface area contributed by atoms with E-state index in [1.165, 1.54) is 36.4 Å². The van der Waals surface area contributed by atoms with Crippen LogP contribution in [0.1, 0.15) is 21.6 Å². The third kappa shape index (κ3) is 4.89. The first-order valence-electron chi connectivity index (χ1n) is 9.96. The Labute approximate surface area is 183 Å². The molecule has 0 saturated heterocycles. The summed E-state index contributed by atoms with van der Waals surface area (Å²) in [6.07, 6.45) is 0. The van der Waals surface area contributed by atoms with Crippen molar-refractivity contribution < 1.29 is 13.9 Å². The highest BCUT2D eigenvalue weighted by Gasteiger charge is 2.12. The number of halogens is 1. The van der Waals surface area contributed by atoms with Crippen molar-refractivity contribution in [3.63, 3.8) is 0 Å². The van der Waals surface area contributed by atoms with Crippen molar-refractivity contribution in [1.82, 2.24) is 15.1 Å².